The Hall–Kier alpha value is -1.61. The summed E-state index contributed by atoms with van der Waals surface area (Å²) in [6, 6.07) is 10.4. The van der Waals surface area contributed by atoms with E-state index in [9.17, 15) is 5.11 Å². The molecule has 0 fully saturated rings. The number of aliphatic hydroxyl groups excluding tert-OH is 1. The fourth-order valence-corrected chi connectivity index (χ4v) is 2.36. The van der Waals surface area contributed by atoms with Crippen LogP contribution in [-0.2, 0) is 26.3 Å². The Morgan fingerprint density at radius 2 is 2.05 bits per heavy atom. The van der Waals surface area contributed by atoms with E-state index in [4.69, 9.17) is 0 Å². The molecule has 1 aromatic carbocycles. The van der Waals surface area contributed by atoms with Gasteiger partial charge in [0.2, 0.25) is 0 Å². The van der Waals surface area contributed by atoms with Crippen molar-refractivity contribution in [3.63, 3.8) is 0 Å². The van der Waals surface area contributed by atoms with Crippen molar-refractivity contribution in [3.8, 4) is 0 Å². The average Bonchev–Trinajstić information content (AvgIpc) is 2.70. The molecule has 0 aliphatic heterocycles. The quantitative estimate of drug-likeness (QED) is 0.894. The first kappa shape index (κ1) is 13.8. The van der Waals surface area contributed by atoms with Crippen molar-refractivity contribution >= 4 is 0 Å². The second-order valence-corrected chi connectivity index (χ2v) is 5.16. The third-order valence-electron chi connectivity index (χ3n) is 3.39. The molecule has 0 aliphatic rings. The van der Waals surface area contributed by atoms with Crippen LogP contribution in [0.4, 0.5) is 0 Å². The molecule has 2 rings (SSSR count). The lowest BCUT2D eigenvalue weighted by atomic mass is 10.0. The maximum atomic E-state index is 10.2. The van der Waals surface area contributed by atoms with Gasteiger partial charge < -0.3 is 5.11 Å². The maximum Gasteiger partial charge on any atom is 0.0635 e. The van der Waals surface area contributed by atoms with E-state index in [-0.39, 0.29) is 6.10 Å². The average molecular weight is 258 g/mol. The second kappa shape index (κ2) is 6.02. The van der Waals surface area contributed by atoms with Crippen LogP contribution in [0.3, 0.4) is 0 Å². The van der Waals surface area contributed by atoms with Gasteiger partial charge in [-0.05, 0) is 31.4 Å². The molecule has 102 valence electrons. The van der Waals surface area contributed by atoms with Crippen molar-refractivity contribution in [2.24, 2.45) is 7.05 Å². The van der Waals surface area contributed by atoms with Crippen LogP contribution in [0.25, 0.3) is 0 Å². The first-order valence-electron chi connectivity index (χ1n) is 6.84. The highest BCUT2D eigenvalue weighted by Crippen LogP contribution is 2.12. The molecular weight excluding hydrogens is 236 g/mol. The summed E-state index contributed by atoms with van der Waals surface area (Å²) < 4.78 is 1.87. The van der Waals surface area contributed by atoms with Gasteiger partial charge in [0, 0.05) is 19.2 Å². The van der Waals surface area contributed by atoms with Gasteiger partial charge in [-0.1, -0.05) is 36.8 Å². The van der Waals surface area contributed by atoms with Gasteiger partial charge in [0.1, 0.15) is 0 Å². The highest BCUT2D eigenvalue weighted by Gasteiger charge is 2.11. The molecule has 1 heterocycles. The molecule has 19 heavy (non-hydrogen) atoms. The highest BCUT2D eigenvalue weighted by atomic mass is 16.3. The molecule has 1 atom stereocenters. The summed E-state index contributed by atoms with van der Waals surface area (Å²) in [6.45, 7) is 4.17. The predicted molar refractivity (Wildman–Crippen MR) is 77.2 cm³/mol. The maximum absolute atomic E-state index is 10.2. The van der Waals surface area contributed by atoms with Crippen LogP contribution in [0.5, 0.6) is 0 Å². The van der Waals surface area contributed by atoms with Gasteiger partial charge >= 0.3 is 0 Å². The van der Waals surface area contributed by atoms with Crippen LogP contribution in [-0.4, -0.2) is 21.0 Å². The van der Waals surface area contributed by atoms with E-state index in [1.54, 1.807) is 0 Å². The number of aliphatic hydroxyl groups is 1. The molecule has 0 bridgehead atoms. The molecule has 0 saturated heterocycles. The van der Waals surface area contributed by atoms with Gasteiger partial charge in [0.15, 0.2) is 0 Å². The minimum Gasteiger partial charge on any atom is -0.392 e. The van der Waals surface area contributed by atoms with Crippen LogP contribution in [0, 0.1) is 6.92 Å². The summed E-state index contributed by atoms with van der Waals surface area (Å²) in [5.74, 6) is 0. The van der Waals surface area contributed by atoms with E-state index in [2.05, 4.69) is 43.2 Å². The normalized spacial score (nSPS) is 12.6. The Balaban J connectivity index is 2.00. The zero-order valence-corrected chi connectivity index (χ0v) is 11.9. The predicted octanol–water partition coefficient (Wildman–Crippen LogP) is 2.44. The summed E-state index contributed by atoms with van der Waals surface area (Å²) in [7, 11) is 1.94. The lowest BCUT2D eigenvalue weighted by Gasteiger charge is -2.11. The van der Waals surface area contributed by atoms with E-state index in [1.165, 1.54) is 11.1 Å². The van der Waals surface area contributed by atoms with Gasteiger partial charge in [-0.3, -0.25) is 4.68 Å². The van der Waals surface area contributed by atoms with Gasteiger partial charge in [0.25, 0.3) is 0 Å². The zero-order valence-electron chi connectivity index (χ0n) is 11.9. The van der Waals surface area contributed by atoms with Crippen molar-refractivity contribution in [3.05, 3.63) is 52.8 Å². The summed E-state index contributed by atoms with van der Waals surface area (Å²) in [6.07, 6.45) is 1.91. The van der Waals surface area contributed by atoms with E-state index in [0.717, 1.165) is 17.8 Å². The molecule has 1 N–H and O–H groups in total. The van der Waals surface area contributed by atoms with Crippen LogP contribution >= 0.6 is 0 Å². The molecule has 1 aromatic heterocycles. The molecule has 0 amide bonds. The first-order chi connectivity index (χ1) is 9.08. The molecular formula is C16H22N2O. The minimum absolute atomic E-state index is 0.359. The molecule has 0 saturated carbocycles. The zero-order chi connectivity index (χ0) is 13.8. The smallest absolute Gasteiger partial charge is 0.0635 e. The van der Waals surface area contributed by atoms with Crippen molar-refractivity contribution in [2.75, 3.05) is 0 Å². The molecule has 3 heteroatoms. The van der Waals surface area contributed by atoms with Crippen molar-refractivity contribution in [1.82, 2.24) is 9.78 Å². The van der Waals surface area contributed by atoms with Gasteiger partial charge in [-0.2, -0.15) is 5.10 Å². The summed E-state index contributed by atoms with van der Waals surface area (Å²) >= 11 is 0. The van der Waals surface area contributed by atoms with Crippen LogP contribution in [0.15, 0.2) is 30.3 Å². The van der Waals surface area contributed by atoms with E-state index in [0.29, 0.717) is 12.8 Å². The van der Waals surface area contributed by atoms with Gasteiger partial charge in [0.05, 0.1) is 11.8 Å². The highest BCUT2D eigenvalue weighted by molar-refractivity contribution is 5.23. The first-order valence-corrected chi connectivity index (χ1v) is 6.84. The lowest BCUT2D eigenvalue weighted by molar-refractivity contribution is 0.173. The number of nitrogens with zero attached hydrogens (tertiary/aromatic N) is 2. The second-order valence-electron chi connectivity index (χ2n) is 5.16. The van der Waals surface area contributed by atoms with Gasteiger partial charge in [-0.15, -0.1) is 0 Å². The topological polar surface area (TPSA) is 38.0 Å². The fourth-order valence-electron chi connectivity index (χ4n) is 2.36. The molecule has 1 unspecified atom stereocenters. The van der Waals surface area contributed by atoms with Gasteiger partial charge in [-0.25, -0.2) is 0 Å². The molecule has 2 aromatic rings. The Morgan fingerprint density at radius 1 is 1.26 bits per heavy atom. The van der Waals surface area contributed by atoms with E-state index >= 15 is 0 Å². The standard InChI is InChI=1S/C16H22N2O/c1-4-14-10-15(18(3)17-14)11-16(19)9-13-7-5-6-12(2)8-13/h5-8,10,16,19H,4,9,11H2,1-3H3. The van der Waals surface area contributed by atoms with Crippen molar-refractivity contribution in [2.45, 2.75) is 39.2 Å². The summed E-state index contributed by atoms with van der Waals surface area (Å²) in [5, 5.41) is 14.6. The van der Waals surface area contributed by atoms with Crippen LogP contribution in [0.1, 0.15) is 29.4 Å². The lowest BCUT2D eigenvalue weighted by Crippen LogP contribution is -2.16. The number of hydrogen-bond acceptors (Lipinski definition) is 2. The van der Waals surface area contributed by atoms with Crippen molar-refractivity contribution < 1.29 is 5.11 Å². The number of hydrogen-bond donors (Lipinski definition) is 1. The van der Waals surface area contributed by atoms with Crippen molar-refractivity contribution in [1.29, 1.82) is 0 Å². The Bertz CT molecular complexity index is 545. The van der Waals surface area contributed by atoms with E-state index in [1.807, 2.05) is 17.8 Å². The SMILES string of the molecule is CCc1cc(CC(O)Cc2cccc(C)c2)n(C)n1. The fraction of sp³-hybridized carbons (Fsp3) is 0.438. The largest absolute Gasteiger partial charge is 0.392 e. The Labute approximate surface area is 114 Å². The molecule has 3 nitrogen and oxygen atoms in total. The monoisotopic (exact) mass is 258 g/mol. The molecule has 0 aliphatic carbocycles. The Kier molecular flexibility index (Phi) is 4.38. The van der Waals surface area contributed by atoms with Crippen LogP contribution in [0.2, 0.25) is 0 Å². The number of aromatic nitrogens is 2. The number of aryl methyl sites for hydroxylation is 3. The molecule has 0 spiro atoms. The third kappa shape index (κ3) is 3.67. The van der Waals surface area contributed by atoms with E-state index < -0.39 is 0 Å². The number of rotatable bonds is 5. The molecule has 0 radical (unpaired) electrons. The van der Waals surface area contributed by atoms with Crippen LogP contribution < -0.4 is 0 Å². The number of benzene rings is 1. The third-order valence-corrected chi connectivity index (χ3v) is 3.39. The summed E-state index contributed by atoms with van der Waals surface area (Å²) in [4.78, 5) is 0. The minimum atomic E-state index is -0.359. The Morgan fingerprint density at radius 3 is 2.68 bits per heavy atom. The summed E-state index contributed by atoms with van der Waals surface area (Å²) in [5.41, 5.74) is 4.60.